The van der Waals surface area contributed by atoms with Crippen molar-refractivity contribution in [3.63, 3.8) is 0 Å². The summed E-state index contributed by atoms with van der Waals surface area (Å²) in [4.78, 5) is 19.2. The summed E-state index contributed by atoms with van der Waals surface area (Å²) in [6.45, 7) is 10.7. The summed E-state index contributed by atoms with van der Waals surface area (Å²) >= 11 is 0. The third-order valence-electron chi connectivity index (χ3n) is 5.83. The van der Waals surface area contributed by atoms with E-state index in [0.717, 1.165) is 54.1 Å². The number of guanidine groups is 1. The summed E-state index contributed by atoms with van der Waals surface area (Å²) in [5.74, 6) is 2.23. The Bertz CT molecular complexity index is 932. The number of furan rings is 1. The number of likely N-dealkylation sites (tertiary alicyclic amines) is 1. The van der Waals surface area contributed by atoms with Crippen molar-refractivity contribution in [2.75, 3.05) is 26.2 Å². The van der Waals surface area contributed by atoms with Gasteiger partial charge in [0.1, 0.15) is 17.1 Å². The van der Waals surface area contributed by atoms with Gasteiger partial charge in [-0.2, -0.15) is 0 Å². The smallest absolute Gasteiger partial charge is 0.253 e. The van der Waals surface area contributed by atoms with Crippen LogP contribution in [0.2, 0.25) is 0 Å². The van der Waals surface area contributed by atoms with E-state index in [-0.39, 0.29) is 29.9 Å². The zero-order valence-corrected chi connectivity index (χ0v) is 22.4. The van der Waals surface area contributed by atoms with E-state index >= 15 is 0 Å². The van der Waals surface area contributed by atoms with Crippen molar-refractivity contribution in [2.45, 2.75) is 59.1 Å². The van der Waals surface area contributed by atoms with Gasteiger partial charge in [0, 0.05) is 30.8 Å². The number of hydrogen-bond donors (Lipinski definition) is 3. The first-order chi connectivity index (χ1) is 15.3. The van der Waals surface area contributed by atoms with Crippen LogP contribution in [0.3, 0.4) is 0 Å². The van der Waals surface area contributed by atoms with Crippen LogP contribution in [0.15, 0.2) is 39.7 Å². The maximum atomic E-state index is 12.6. The lowest BCUT2D eigenvalue weighted by molar-refractivity contribution is 0.0601. The van der Waals surface area contributed by atoms with Gasteiger partial charge in [-0.05, 0) is 70.7 Å². The molecule has 2 aromatic rings. The van der Waals surface area contributed by atoms with Gasteiger partial charge in [-0.15, -0.1) is 24.0 Å². The molecule has 3 rings (SSSR count). The van der Waals surface area contributed by atoms with Crippen molar-refractivity contribution in [1.29, 1.82) is 0 Å². The number of amides is 1. The van der Waals surface area contributed by atoms with Crippen LogP contribution in [0, 0.1) is 13.8 Å². The van der Waals surface area contributed by atoms with Gasteiger partial charge < -0.3 is 25.1 Å². The summed E-state index contributed by atoms with van der Waals surface area (Å²) in [6, 6.07) is 9.55. The zero-order chi connectivity index (χ0) is 23.1. The highest BCUT2D eigenvalue weighted by Crippen LogP contribution is 2.26. The van der Waals surface area contributed by atoms with Gasteiger partial charge in [-0.1, -0.05) is 12.1 Å². The molecule has 3 N–H and O–H groups in total. The van der Waals surface area contributed by atoms with Gasteiger partial charge >= 0.3 is 0 Å². The maximum Gasteiger partial charge on any atom is 0.253 e. The number of carbonyl (C=O) groups is 1. The van der Waals surface area contributed by atoms with Gasteiger partial charge in [-0.3, -0.25) is 4.79 Å². The lowest BCUT2D eigenvalue weighted by atomic mass is 9.96. The second-order valence-corrected chi connectivity index (χ2v) is 8.70. The molecule has 1 amide bonds. The van der Waals surface area contributed by atoms with Crippen molar-refractivity contribution in [3.8, 4) is 0 Å². The molecule has 1 unspecified atom stereocenters. The second-order valence-electron chi connectivity index (χ2n) is 8.70. The Balaban J connectivity index is 0.00000385. The van der Waals surface area contributed by atoms with Crippen LogP contribution < -0.4 is 10.6 Å². The predicted octanol–water partition coefficient (Wildman–Crippen LogP) is 4.10. The minimum Gasteiger partial charge on any atom is -0.466 e. The molecule has 1 saturated heterocycles. The molecule has 0 bridgehead atoms. The van der Waals surface area contributed by atoms with E-state index in [1.807, 2.05) is 56.0 Å². The van der Waals surface area contributed by atoms with E-state index in [4.69, 9.17) is 4.42 Å². The Hall–Kier alpha value is -2.07. The number of carbonyl (C=O) groups excluding carboxylic acids is 1. The maximum absolute atomic E-state index is 12.6. The number of nitrogens with one attached hydrogen (secondary N) is 2. The molecule has 1 aliphatic heterocycles. The Morgan fingerprint density at radius 2 is 1.82 bits per heavy atom. The summed E-state index contributed by atoms with van der Waals surface area (Å²) in [6.07, 6.45) is 3.39. The molecule has 7 nitrogen and oxygen atoms in total. The molecule has 2 heterocycles. The van der Waals surface area contributed by atoms with Crippen molar-refractivity contribution >= 4 is 35.8 Å². The lowest BCUT2D eigenvalue weighted by Gasteiger charge is -2.26. The summed E-state index contributed by atoms with van der Waals surface area (Å²) < 4.78 is 5.56. The number of halogens is 1. The highest BCUT2D eigenvalue weighted by Gasteiger charge is 2.28. The van der Waals surface area contributed by atoms with Crippen LogP contribution in [0.1, 0.15) is 66.1 Å². The molecule has 1 aromatic carbocycles. The number of rotatable bonds is 7. The molecule has 0 spiro atoms. The second kappa shape index (κ2) is 12.4. The normalized spacial score (nSPS) is 16.0. The molecule has 0 saturated carbocycles. The third kappa shape index (κ3) is 7.46. The fourth-order valence-electron chi connectivity index (χ4n) is 4.06. The number of aliphatic imine (C=N–C) groups is 1. The topological polar surface area (TPSA) is 90.1 Å². The van der Waals surface area contributed by atoms with Crippen LogP contribution >= 0.6 is 24.0 Å². The van der Waals surface area contributed by atoms with Crippen molar-refractivity contribution in [2.24, 2.45) is 4.99 Å². The number of nitrogens with zero attached hydrogens (tertiary/aromatic N) is 2. The summed E-state index contributed by atoms with van der Waals surface area (Å²) in [7, 11) is 0. The molecule has 1 atom stereocenters. The third-order valence-corrected chi connectivity index (χ3v) is 5.83. The fourth-order valence-corrected chi connectivity index (χ4v) is 4.06. The van der Waals surface area contributed by atoms with E-state index in [9.17, 15) is 9.90 Å². The molecule has 33 heavy (non-hydrogen) atoms. The average Bonchev–Trinajstić information content (AvgIpc) is 3.15. The van der Waals surface area contributed by atoms with Crippen LogP contribution in [0.4, 0.5) is 0 Å². The number of aliphatic hydroxyl groups is 1. The average molecular weight is 569 g/mol. The predicted molar refractivity (Wildman–Crippen MR) is 142 cm³/mol. The van der Waals surface area contributed by atoms with Crippen LogP contribution in [-0.4, -0.2) is 48.1 Å². The molecule has 1 aliphatic rings. The minimum atomic E-state index is -1.09. The van der Waals surface area contributed by atoms with Crippen molar-refractivity contribution in [1.82, 2.24) is 15.5 Å². The first-order valence-corrected chi connectivity index (χ1v) is 11.5. The van der Waals surface area contributed by atoms with Gasteiger partial charge in [-0.25, -0.2) is 4.99 Å². The Morgan fingerprint density at radius 1 is 1.15 bits per heavy atom. The summed E-state index contributed by atoms with van der Waals surface area (Å²) in [5.41, 5.74) is 1.43. The van der Waals surface area contributed by atoms with Crippen LogP contribution in [-0.2, 0) is 12.1 Å². The Kier molecular flexibility index (Phi) is 10.2. The quantitative estimate of drug-likeness (QED) is 0.266. The van der Waals surface area contributed by atoms with Crippen molar-refractivity contribution < 1.29 is 14.3 Å². The van der Waals surface area contributed by atoms with Gasteiger partial charge in [0.15, 0.2) is 5.96 Å². The van der Waals surface area contributed by atoms with E-state index < -0.39 is 5.60 Å². The summed E-state index contributed by atoms with van der Waals surface area (Å²) in [5, 5.41) is 17.4. The Labute approximate surface area is 214 Å². The molecule has 1 aromatic heterocycles. The molecular formula is C25H37IN4O3. The Morgan fingerprint density at radius 3 is 2.39 bits per heavy atom. The lowest BCUT2D eigenvalue weighted by Crippen LogP contribution is -2.44. The van der Waals surface area contributed by atoms with E-state index in [1.54, 1.807) is 6.92 Å². The zero-order valence-electron chi connectivity index (χ0n) is 20.1. The number of piperidine rings is 1. The van der Waals surface area contributed by atoms with Crippen molar-refractivity contribution in [3.05, 3.63) is 58.5 Å². The van der Waals surface area contributed by atoms with E-state index in [0.29, 0.717) is 25.6 Å². The highest BCUT2D eigenvalue weighted by atomic mass is 127. The fraction of sp³-hybridized carbons (Fsp3) is 0.520. The SMILES string of the molecule is CCNC(=NCc1ccc(C(=O)N2CCCCC2)cc1)NCC(C)(O)c1cc(C)oc1C.I. The molecule has 0 radical (unpaired) electrons. The molecular weight excluding hydrogens is 531 g/mol. The minimum absolute atomic E-state index is 0. The van der Waals surface area contributed by atoms with E-state index in [1.165, 1.54) is 6.42 Å². The van der Waals surface area contributed by atoms with Crippen LogP contribution in [0.5, 0.6) is 0 Å². The van der Waals surface area contributed by atoms with Gasteiger partial charge in [0.05, 0.1) is 13.1 Å². The molecule has 8 heteroatoms. The molecule has 182 valence electrons. The number of hydrogen-bond acceptors (Lipinski definition) is 4. The van der Waals surface area contributed by atoms with Crippen LogP contribution in [0.25, 0.3) is 0 Å². The number of benzene rings is 1. The highest BCUT2D eigenvalue weighted by molar-refractivity contribution is 14.0. The number of aryl methyl sites for hydroxylation is 2. The monoisotopic (exact) mass is 568 g/mol. The largest absolute Gasteiger partial charge is 0.466 e. The molecule has 0 aliphatic carbocycles. The van der Waals surface area contributed by atoms with Gasteiger partial charge in [0.2, 0.25) is 0 Å². The van der Waals surface area contributed by atoms with E-state index in [2.05, 4.69) is 15.6 Å². The molecule has 1 fully saturated rings. The standard InChI is InChI=1S/C25H36N4O3.HI/c1-5-26-24(28-17-25(4,31)22-15-18(2)32-19(22)3)27-16-20-9-11-21(12-10-20)23(30)29-13-7-6-8-14-29;/h9-12,15,31H,5-8,13-14,16-17H2,1-4H3,(H2,26,27,28);1H. The first kappa shape index (κ1) is 27.2. The van der Waals surface area contributed by atoms with Gasteiger partial charge in [0.25, 0.3) is 5.91 Å². The first-order valence-electron chi connectivity index (χ1n) is 11.5.